The van der Waals surface area contributed by atoms with Crippen molar-refractivity contribution < 1.29 is 0 Å². The fourth-order valence-corrected chi connectivity index (χ4v) is 0.852. The van der Waals surface area contributed by atoms with Crippen LogP contribution in [0, 0.1) is 5.92 Å². The molecular weight excluding hydrogens is 110 g/mol. The minimum Gasteiger partial charge on any atom is -0.230 e. The van der Waals surface area contributed by atoms with Crippen molar-refractivity contribution in [1.29, 1.82) is 0 Å². The van der Waals surface area contributed by atoms with Crippen LogP contribution < -0.4 is 4.84 Å². The molecule has 2 heteroatoms. The number of hydrogen-bond acceptors (Lipinski definition) is 1. The first-order chi connectivity index (χ1) is 3.38. The fourth-order valence-electron chi connectivity index (χ4n) is 0.601. The summed E-state index contributed by atoms with van der Waals surface area (Å²) in [6, 6.07) is 0.513. The van der Waals surface area contributed by atoms with Crippen LogP contribution in [0.1, 0.15) is 6.42 Å². The van der Waals surface area contributed by atoms with Gasteiger partial charge in [-0.3, -0.25) is 0 Å². The molecule has 1 fully saturated rings. The van der Waals surface area contributed by atoms with Gasteiger partial charge in [0.05, 0.1) is 0 Å². The van der Waals surface area contributed by atoms with E-state index >= 15 is 0 Å². The monoisotopic (exact) mass is 117 g/mol. The summed E-state index contributed by atoms with van der Waals surface area (Å²) in [6.45, 7) is 3.62. The first-order valence-electron chi connectivity index (χ1n) is 2.37. The van der Waals surface area contributed by atoms with E-state index in [9.17, 15) is 0 Å². The van der Waals surface area contributed by atoms with Crippen LogP contribution in [0.5, 0.6) is 0 Å². The maximum Gasteiger partial charge on any atom is 0.0290 e. The highest BCUT2D eigenvalue weighted by molar-refractivity contribution is 6.13. The third-order valence-electron chi connectivity index (χ3n) is 1.28. The van der Waals surface area contributed by atoms with Crippen LogP contribution in [-0.2, 0) is 0 Å². The molecule has 0 aromatic rings. The van der Waals surface area contributed by atoms with E-state index in [4.69, 9.17) is 11.8 Å². The van der Waals surface area contributed by atoms with Gasteiger partial charge in [-0.1, -0.05) is 6.08 Å². The van der Waals surface area contributed by atoms with Gasteiger partial charge in [-0.05, 0) is 24.1 Å². The van der Waals surface area contributed by atoms with Crippen molar-refractivity contribution in [2.24, 2.45) is 5.92 Å². The van der Waals surface area contributed by atoms with Crippen molar-refractivity contribution in [2.75, 3.05) is 0 Å². The molecule has 0 aliphatic heterocycles. The molecule has 1 nitrogen and oxygen atoms in total. The van der Waals surface area contributed by atoms with Gasteiger partial charge in [0.1, 0.15) is 0 Å². The zero-order chi connectivity index (χ0) is 5.28. The lowest BCUT2D eigenvalue weighted by Crippen LogP contribution is -2.01. The Bertz CT molecular complexity index is 82.1. The Morgan fingerprint density at radius 1 is 1.86 bits per heavy atom. The Hall–Kier alpha value is -0.0100. The highest BCUT2D eigenvalue weighted by Gasteiger charge is 2.33. The molecule has 1 aliphatic rings. The molecule has 0 aromatic carbocycles. The molecule has 0 heterocycles. The highest BCUT2D eigenvalue weighted by Crippen LogP contribution is 2.30. The van der Waals surface area contributed by atoms with Gasteiger partial charge in [-0.25, -0.2) is 4.84 Å². The zero-order valence-corrected chi connectivity index (χ0v) is 4.78. The van der Waals surface area contributed by atoms with Gasteiger partial charge in [-0.2, -0.15) is 0 Å². The Kier molecular flexibility index (Phi) is 1.35. The Balaban J connectivity index is 2.17. The number of nitrogens with one attached hydrogen (secondary N) is 1. The van der Waals surface area contributed by atoms with Gasteiger partial charge < -0.3 is 0 Å². The van der Waals surface area contributed by atoms with Crippen molar-refractivity contribution in [3.05, 3.63) is 12.7 Å². The number of rotatable bonds is 2. The predicted molar refractivity (Wildman–Crippen MR) is 31.1 cm³/mol. The lowest BCUT2D eigenvalue weighted by Gasteiger charge is -1.83. The first kappa shape index (κ1) is 5.13. The molecule has 1 aliphatic carbocycles. The smallest absolute Gasteiger partial charge is 0.0290 e. The lowest BCUT2D eigenvalue weighted by molar-refractivity contribution is 0.896. The van der Waals surface area contributed by atoms with Gasteiger partial charge in [0.25, 0.3) is 0 Å². The third-order valence-corrected chi connectivity index (χ3v) is 1.56. The van der Waals surface area contributed by atoms with Gasteiger partial charge in [0.15, 0.2) is 0 Å². The normalized spacial score (nSPS) is 37.9. The third kappa shape index (κ3) is 0.956. The molecule has 0 radical (unpaired) electrons. The lowest BCUT2D eigenvalue weighted by atomic mass is 10.4. The van der Waals surface area contributed by atoms with E-state index in [0.29, 0.717) is 12.0 Å². The van der Waals surface area contributed by atoms with E-state index in [-0.39, 0.29) is 0 Å². The summed E-state index contributed by atoms with van der Waals surface area (Å²) < 4.78 is 0. The van der Waals surface area contributed by atoms with Crippen molar-refractivity contribution in [3.8, 4) is 0 Å². The van der Waals surface area contributed by atoms with Crippen molar-refractivity contribution in [3.63, 3.8) is 0 Å². The second-order valence-corrected chi connectivity index (χ2v) is 2.07. The molecule has 1 unspecified atom stereocenters. The zero-order valence-electron chi connectivity index (χ0n) is 4.02. The van der Waals surface area contributed by atoms with Gasteiger partial charge >= 0.3 is 0 Å². The van der Waals surface area contributed by atoms with Crippen molar-refractivity contribution in [2.45, 2.75) is 12.5 Å². The summed E-state index contributed by atoms with van der Waals surface area (Å²) in [7, 11) is 0. The molecule has 0 saturated heterocycles. The van der Waals surface area contributed by atoms with Gasteiger partial charge in [0.2, 0.25) is 0 Å². The van der Waals surface area contributed by atoms with E-state index in [1.54, 1.807) is 0 Å². The summed E-state index contributed by atoms with van der Waals surface area (Å²) >= 11 is 5.27. The molecule has 0 aromatic heterocycles. The SMILES string of the molecule is C=C[C@H]1CC1NCl. The summed E-state index contributed by atoms with van der Waals surface area (Å²) in [4.78, 5) is 2.64. The van der Waals surface area contributed by atoms with Crippen LogP contribution >= 0.6 is 11.8 Å². The summed E-state index contributed by atoms with van der Waals surface area (Å²) in [5.41, 5.74) is 0. The van der Waals surface area contributed by atoms with Gasteiger partial charge in [0, 0.05) is 6.04 Å². The Morgan fingerprint density at radius 2 is 2.57 bits per heavy atom. The van der Waals surface area contributed by atoms with Crippen LogP contribution in [0.2, 0.25) is 0 Å². The number of hydrogen-bond donors (Lipinski definition) is 1. The van der Waals surface area contributed by atoms with E-state index in [1.165, 1.54) is 0 Å². The summed E-state index contributed by atoms with van der Waals surface area (Å²) in [5.74, 6) is 0.637. The molecule has 7 heavy (non-hydrogen) atoms. The Morgan fingerprint density at radius 3 is 2.71 bits per heavy atom. The maximum atomic E-state index is 5.27. The Labute approximate surface area is 48.5 Å². The van der Waals surface area contributed by atoms with Crippen LogP contribution in [0.15, 0.2) is 12.7 Å². The molecule has 1 N–H and O–H groups in total. The van der Waals surface area contributed by atoms with E-state index in [1.807, 2.05) is 6.08 Å². The minimum atomic E-state index is 0.513. The second-order valence-electron chi connectivity index (χ2n) is 1.85. The van der Waals surface area contributed by atoms with E-state index in [0.717, 1.165) is 6.42 Å². The molecule has 40 valence electrons. The summed E-state index contributed by atoms with van der Waals surface area (Å²) in [6.07, 6.45) is 3.09. The van der Waals surface area contributed by atoms with E-state index < -0.39 is 0 Å². The van der Waals surface area contributed by atoms with Gasteiger partial charge in [-0.15, -0.1) is 6.58 Å². The van der Waals surface area contributed by atoms with E-state index in [2.05, 4.69) is 11.4 Å². The molecule has 2 atom stereocenters. The van der Waals surface area contributed by atoms with Crippen LogP contribution in [0.4, 0.5) is 0 Å². The van der Waals surface area contributed by atoms with Crippen LogP contribution in [0.25, 0.3) is 0 Å². The molecule has 1 saturated carbocycles. The minimum absolute atomic E-state index is 0.513. The summed E-state index contributed by atoms with van der Waals surface area (Å²) in [5, 5.41) is 0. The van der Waals surface area contributed by atoms with Crippen molar-refractivity contribution in [1.82, 2.24) is 4.84 Å². The highest BCUT2D eigenvalue weighted by atomic mass is 35.5. The quantitative estimate of drug-likeness (QED) is 0.425. The van der Waals surface area contributed by atoms with Crippen LogP contribution in [0.3, 0.4) is 0 Å². The number of halogens is 1. The molecule has 0 spiro atoms. The average Bonchev–Trinajstić information content (AvgIpc) is 2.43. The second kappa shape index (κ2) is 1.85. The average molecular weight is 118 g/mol. The largest absolute Gasteiger partial charge is 0.230 e. The maximum absolute atomic E-state index is 5.27. The first-order valence-corrected chi connectivity index (χ1v) is 2.75. The molecule has 0 bridgehead atoms. The molecule has 0 amide bonds. The van der Waals surface area contributed by atoms with Crippen LogP contribution in [-0.4, -0.2) is 6.04 Å². The fraction of sp³-hybridized carbons (Fsp3) is 0.600. The topological polar surface area (TPSA) is 12.0 Å². The molecular formula is C5H8ClN. The molecule has 1 rings (SSSR count). The van der Waals surface area contributed by atoms with Crippen molar-refractivity contribution >= 4 is 11.8 Å². The standard InChI is InChI=1S/C5H8ClN/c1-2-4-3-5(4)7-6/h2,4-5,7H,1,3H2/t4-,5?/m0/s1. The predicted octanol–water partition coefficient (Wildman–Crippen LogP) is 1.30.